The van der Waals surface area contributed by atoms with Crippen LogP contribution in [0.25, 0.3) is 0 Å². The number of hydrogen-bond acceptors (Lipinski definition) is 2. The monoisotopic (exact) mass is 238 g/mol. The van der Waals surface area contributed by atoms with Gasteiger partial charge in [0.1, 0.15) is 0 Å². The highest BCUT2D eigenvalue weighted by atomic mass is 16.2. The summed E-state index contributed by atoms with van der Waals surface area (Å²) in [4.78, 5) is 12.0. The Bertz CT molecular complexity index is 228. The van der Waals surface area contributed by atoms with Crippen molar-refractivity contribution in [2.45, 2.75) is 63.8 Å². The molecule has 1 heterocycles. The fraction of sp³-hybridized carbons (Fsp3) is 0.929. The van der Waals surface area contributed by atoms with E-state index in [0.29, 0.717) is 0 Å². The molecule has 0 aromatic carbocycles. The van der Waals surface area contributed by atoms with Crippen molar-refractivity contribution >= 4 is 5.91 Å². The zero-order chi connectivity index (χ0) is 11.9. The standard InChI is InChI=1S/C14H26N2O/c17-14(13-8-2-1-5-10-15-13)16-11-9-12-6-3-4-7-12/h12-13,15H,1-11H2,(H,16,17). The first-order chi connectivity index (χ1) is 8.36. The van der Waals surface area contributed by atoms with Crippen molar-refractivity contribution in [3.05, 3.63) is 0 Å². The summed E-state index contributed by atoms with van der Waals surface area (Å²) in [5.74, 6) is 1.10. The highest BCUT2D eigenvalue weighted by Crippen LogP contribution is 2.26. The third kappa shape index (κ3) is 4.30. The summed E-state index contributed by atoms with van der Waals surface area (Å²) < 4.78 is 0. The molecule has 98 valence electrons. The molecule has 2 aliphatic rings. The van der Waals surface area contributed by atoms with Gasteiger partial charge in [-0.15, -0.1) is 0 Å². The normalized spacial score (nSPS) is 26.7. The Labute approximate surface area is 105 Å². The van der Waals surface area contributed by atoms with E-state index in [1.807, 2.05) is 0 Å². The predicted molar refractivity (Wildman–Crippen MR) is 69.8 cm³/mol. The summed E-state index contributed by atoms with van der Waals surface area (Å²) in [7, 11) is 0. The fourth-order valence-electron chi connectivity index (χ4n) is 3.07. The largest absolute Gasteiger partial charge is 0.355 e. The molecule has 0 aromatic rings. The van der Waals surface area contributed by atoms with Gasteiger partial charge in [-0.25, -0.2) is 0 Å². The third-order valence-electron chi connectivity index (χ3n) is 4.20. The smallest absolute Gasteiger partial charge is 0.237 e. The number of amides is 1. The van der Waals surface area contributed by atoms with Crippen LogP contribution in [0.3, 0.4) is 0 Å². The van der Waals surface area contributed by atoms with Gasteiger partial charge in [-0.3, -0.25) is 4.79 Å². The molecular formula is C14H26N2O. The van der Waals surface area contributed by atoms with Crippen molar-refractivity contribution in [3.63, 3.8) is 0 Å². The molecular weight excluding hydrogens is 212 g/mol. The van der Waals surface area contributed by atoms with Crippen LogP contribution in [0.1, 0.15) is 57.8 Å². The van der Waals surface area contributed by atoms with Gasteiger partial charge >= 0.3 is 0 Å². The van der Waals surface area contributed by atoms with Crippen molar-refractivity contribution in [2.24, 2.45) is 5.92 Å². The first-order valence-electron chi connectivity index (χ1n) is 7.37. The SMILES string of the molecule is O=C(NCCC1CCCC1)C1CCCCCN1. The lowest BCUT2D eigenvalue weighted by Crippen LogP contribution is -2.44. The highest BCUT2D eigenvalue weighted by Gasteiger charge is 2.20. The van der Waals surface area contributed by atoms with E-state index in [1.54, 1.807) is 0 Å². The molecule has 0 radical (unpaired) electrons. The molecule has 0 bridgehead atoms. The molecule has 3 heteroatoms. The van der Waals surface area contributed by atoms with E-state index in [2.05, 4.69) is 10.6 Å². The minimum absolute atomic E-state index is 0.0704. The van der Waals surface area contributed by atoms with Gasteiger partial charge < -0.3 is 10.6 Å². The first kappa shape index (κ1) is 12.9. The van der Waals surface area contributed by atoms with Crippen LogP contribution in [0.15, 0.2) is 0 Å². The molecule has 17 heavy (non-hydrogen) atoms. The molecule has 1 saturated heterocycles. The second-order valence-electron chi connectivity index (χ2n) is 5.59. The van der Waals surface area contributed by atoms with Crippen LogP contribution in [0, 0.1) is 5.92 Å². The molecule has 1 amide bonds. The summed E-state index contributed by atoms with van der Waals surface area (Å²) in [6.07, 6.45) is 11.4. The molecule has 0 aromatic heterocycles. The minimum atomic E-state index is 0.0704. The van der Waals surface area contributed by atoms with E-state index < -0.39 is 0 Å². The second-order valence-corrected chi connectivity index (χ2v) is 5.59. The predicted octanol–water partition coefficient (Wildman–Crippen LogP) is 2.22. The van der Waals surface area contributed by atoms with E-state index in [1.165, 1.54) is 51.4 Å². The molecule has 1 unspecified atom stereocenters. The van der Waals surface area contributed by atoms with E-state index in [9.17, 15) is 4.79 Å². The number of carbonyl (C=O) groups is 1. The van der Waals surface area contributed by atoms with Crippen LogP contribution < -0.4 is 10.6 Å². The van der Waals surface area contributed by atoms with E-state index in [0.717, 1.165) is 25.4 Å². The summed E-state index contributed by atoms with van der Waals surface area (Å²) in [5, 5.41) is 6.45. The molecule has 0 spiro atoms. The lowest BCUT2D eigenvalue weighted by molar-refractivity contribution is -0.123. The van der Waals surface area contributed by atoms with Gasteiger partial charge in [0.15, 0.2) is 0 Å². The molecule has 1 saturated carbocycles. The highest BCUT2D eigenvalue weighted by molar-refractivity contribution is 5.81. The molecule has 2 fully saturated rings. The van der Waals surface area contributed by atoms with Gasteiger partial charge in [0.2, 0.25) is 5.91 Å². The van der Waals surface area contributed by atoms with Gasteiger partial charge in [-0.1, -0.05) is 38.5 Å². The van der Waals surface area contributed by atoms with Crippen molar-refractivity contribution in [3.8, 4) is 0 Å². The quantitative estimate of drug-likeness (QED) is 0.788. The van der Waals surface area contributed by atoms with Crippen LogP contribution in [0.4, 0.5) is 0 Å². The van der Waals surface area contributed by atoms with Crippen LogP contribution >= 0.6 is 0 Å². The minimum Gasteiger partial charge on any atom is -0.355 e. The van der Waals surface area contributed by atoms with Gasteiger partial charge in [0.05, 0.1) is 6.04 Å². The average Bonchev–Trinajstić information content (AvgIpc) is 2.69. The first-order valence-corrected chi connectivity index (χ1v) is 7.37. The zero-order valence-electron chi connectivity index (χ0n) is 10.8. The maximum Gasteiger partial charge on any atom is 0.237 e. The van der Waals surface area contributed by atoms with Crippen molar-refractivity contribution in [1.29, 1.82) is 0 Å². The molecule has 3 nitrogen and oxygen atoms in total. The van der Waals surface area contributed by atoms with Crippen LogP contribution in [0.2, 0.25) is 0 Å². The lowest BCUT2D eigenvalue weighted by Gasteiger charge is -2.16. The van der Waals surface area contributed by atoms with E-state index in [-0.39, 0.29) is 11.9 Å². The van der Waals surface area contributed by atoms with Crippen LogP contribution in [-0.4, -0.2) is 25.0 Å². The molecule has 1 aliphatic carbocycles. The molecule has 2 N–H and O–H groups in total. The van der Waals surface area contributed by atoms with Crippen molar-refractivity contribution in [1.82, 2.24) is 10.6 Å². The summed E-state index contributed by atoms with van der Waals surface area (Å²) in [5.41, 5.74) is 0. The maximum atomic E-state index is 12.0. The topological polar surface area (TPSA) is 41.1 Å². The average molecular weight is 238 g/mol. The van der Waals surface area contributed by atoms with Gasteiger partial charge in [0.25, 0.3) is 0 Å². The third-order valence-corrected chi connectivity index (χ3v) is 4.20. The summed E-state index contributed by atoms with van der Waals surface area (Å²) >= 11 is 0. The van der Waals surface area contributed by atoms with Crippen molar-refractivity contribution in [2.75, 3.05) is 13.1 Å². The molecule has 1 atom stereocenters. The fourth-order valence-corrected chi connectivity index (χ4v) is 3.07. The van der Waals surface area contributed by atoms with Gasteiger partial charge in [0, 0.05) is 6.54 Å². The van der Waals surface area contributed by atoms with Gasteiger partial charge in [-0.2, -0.15) is 0 Å². The number of rotatable bonds is 4. The number of carbonyl (C=O) groups excluding carboxylic acids is 1. The Morgan fingerprint density at radius 3 is 2.65 bits per heavy atom. The number of nitrogens with one attached hydrogen (secondary N) is 2. The molecule has 2 rings (SSSR count). The molecule has 1 aliphatic heterocycles. The second kappa shape index (κ2) is 7.00. The zero-order valence-corrected chi connectivity index (χ0v) is 10.8. The van der Waals surface area contributed by atoms with Crippen LogP contribution in [-0.2, 0) is 4.79 Å². The summed E-state index contributed by atoms with van der Waals surface area (Å²) in [6.45, 7) is 1.88. The van der Waals surface area contributed by atoms with Crippen molar-refractivity contribution < 1.29 is 4.79 Å². The Morgan fingerprint density at radius 2 is 1.82 bits per heavy atom. The van der Waals surface area contributed by atoms with Gasteiger partial charge in [-0.05, 0) is 31.7 Å². The summed E-state index contributed by atoms with van der Waals surface area (Å²) in [6, 6.07) is 0.0704. The number of hydrogen-bond donors (Lipinski definition) is 2. The van der Waals surface area contributed by atoms with E-state index >= 15 is 0 Å². The lowest BCUT2D eigenvalue weighted by atomic mass is 10.0. The van der Waals surface area contributed by atoms with E-state index in [4.69, 9.17) is 0 Å². The Hall–Kier alpha value is -0.570. The Morgan fingerprint density at radius 1 is 1.06 bits per heavy atom. The Kier molecular flexibility index (Phi) is 5.30. The van der Waals surface area contributed by atoms with Crippen LogP contribution in [0.5, 0.6) is 0 Å². The Balaban J connectivity index is 1.61. The maximum absolute atomic E-state index is 12.0.